The number of methoxy groups -OCH3 is 1. The number of para-hydroxylation sites is 1. The lowest BCUT2D eigenvalue weighted by atomic mass is 9.97. The van der Waals surface area contributed by atoms with Crippen LogP contribution in [0.15, 0.2) is 24.3 Å². The summed E-state index contributed by atoms with van der Waals surface area (Å²) in [6.45, 7) is 2.37. The molecule has 0 spiro atoms. The largest absolute Gasteiger partial charge is 0.380 e. The van der Waals surface area contributed by atoms with Crippen LogP contribution in [0.1, 0.15) is 18.4 Å². The molecule has 0 aliphatic carbocycles. The Morgan fingerprint density at radius 3 is 2.83 bits per heavy atom. The smallest absolute Gasteiger partial charge is 0.227 e. The van der Waals surface area contributed by atoms with Gasteiger partial charge >= 0.3 is 0 Å². The molecule has 1 heterocycles. The molecule has 1 aromatic carbocycles. The second kappa shape index (κ2) is 6.52. The predicted octanol–water partition coefficient (Wildman–Crippen LogP) is 1.77. The van der Waals surface area contributed by atoms with Gasteiger partial charge in [-0.3, -0.25) is 4.79 Å². The summed E-state index contributed by atoms with van der Waals surface area (Å²) in [5.41, 5.74) is 1.88. The molecule has 0 radical (unpaired) electrons. The van der Waals surface area contributed by atoms with Crippen molar-refractivity contribution in [2.75, 3.05) is 25.5 Å². The predicted molar refractivity (Wildman–Crippen MR) is 71.4 cm³/mol. The van der Waals surface area contributed by atoms with Gasteiger partial charge in [-0.05, 0) is 32.0 Å². The fourth-order valence-corrected chi connectivity index (χ4v) is 2.24. The van der Waals surface area contributed by atoms with Crippen LogP contribution in [-0.2, 0) is 16.1 Å². The van der Waals surface area contributed by atoms with Gasteiger partial charge in [0, 0.05) is 24.3 Å². The van der Waals surface area contributed by atoms with E-state index in [1.165, 1.54) is 0 Å². The Balaban J connectivity index is 2.01. The average Bonchev–Trinajstić information content (AvgIpc) is 2.42. The van der Waals surface area contributed by atoms with E-state index in [0.29, 0.717) is 6.61 Å². The SMILES string of the molecule is COCc1ccccc1NC(=O)C1CCNCC1. The lowest BCUT2D eigenvalue weighted by Crippen LogP contribution is -2.34. The Hall–Kier alpha value is -1.39. The van der Waals surface area contributed by atoms with Crippen molar-refractivity contribution in [2.24, 2.45) is 5.92 Å². The van der Waals surface area contributed by atoms with Crippen molar-refractivity contribution in [2.45, 2.75) is 19.4 Å². The van der Waals surface area contributed by atoms with Crippen molar-refractivity contribution >= 4 is 11.6 Å². The Bertz CT molecular complexity index is 401. The molecule has 2 rings (SSSR count). The minimum Gasteiger partial charge on any atom is -0.380 e. The van der Waals surface area contributed by atoms with E-state index in [0.717, 1.165) is 37.2 Å². The molecule has 18 heavy (non-hydrogen) atoms. The van der Waals surface area contributed by atoms with Crippen LogP contribution in [0.25, 0.3) is 0 Å². The third kappa shape index (κ3) is 3.31. The summed E-state index contributed by atoms with van der Waals surface area (Å²) in [5, 5.41) is 6.28. The highest BCUT2D eigenvalue weighted by molar-refractivity contribution is 5.93. The van der Waals surface area contributed by atoms with Crippen molar-refractivity contribution in [3.8, 4) is 0 Å². The zero-order valence-electron chi connectivity index (χ0n) is 10.7. The van der Waals surface area contributed by atoms with Crippen LogP contribution >= 0.6 is 0 Å². The Kier molecular flexibility index (Phi) is 4.73. The molecule has 1 aliphatic rings. The van der Waals surface area contributed by atoms with Crippen LogP contribution in [0.2, 0.25) is 0 Å². The van der Waals surface area contributed by atoms with E-state index in [-0.39, 0.29) is 11.8 Å². The van der Waals surface area contributed by atoms with Crippen molar-refractivity contribution in [1.29, 1.82) is 0 Å². The maximum Gasteiger partial charge on any atom is 0.227 e. The lowest BCUT2D eigenvalue weighted by Gasteiger charge is -2.22. The number of anilines is 1. The molecule has 4 nitrogen and oxygen atoms in total. The van der Waals surface area contributed by atoms with Gasteiger partial charge in [-0.25, -0.2) is 0 Å². The molecule has 0 bridgehead atoms. The van der Waals surface area contributed by atoms with Gasteiger partial charge in [0.2, 0.25) is 5.91 Å². The number of benzene rings is 1. The van der Waals surface area contributed by atoms with Gasteiger partial charge in [-0.15, -0.1) is 0 Å². The van der Waals surface area contributed by atoms with E-state index >= 15 is 0 Å². The molecule has 1 amide bonds. The molecule has 1 fully saturated rings. The van der Waals surface area contributed by atoms with Gasteiger partial charge in [-0.1, -0.05) is 18.2 Å². The molecule has 0 aromatic heterocycles. The first-order valence-corrected chi connectivity index (χ1v) is 6.39. The van der Waals surface area contributed by atoms with E-state index in [1.54, 1.807) is 7.11 Å². The third-order valence-corrected chi connectivity index (χ3v) is 3.29. The fourth-order valence-electron chi connectivity index (χ4n) is 2.24. The molecule has 0 atom stereocenters. The lowest BCUT2D eigenvalue weighted by molar-refractivity contribution is -0.120. The first-order chi connectivity index (χ1) is 8.81. The third-order valence-electron chi connectivity index (χ3n) is 3.29. The molecule has 0 unspecified atom stereocenters. The van der Waals surface area contributed by atoms with Gasteiger partial charge in [0.05, 0.1) is 6.61 Å². The molecular formula is C14H20N2O2. The van der Waals surface area contributed by atoms with Crippen LogP contribution in [0.3, 0.4) is 0 Å². The van der Waals surface area contributed by atoms with E-state index < -0.39 is 0 Å². The number of hydrogen-bond donors (Lipinski definition) is 2. The summed E-state index contributed by atoms with van der Waals surface area (Å²) in [6, 6.07) is 7.78. The molecule has 1 aromatic rings. The van der Waals surface area contributed by atoms with Crippen LogP contribution < -0.4 is 10.6 Å². The van der Waals surface area contributed by atoms with Gasteiger partial charge in [0.25, 0.3) is 0 Å². The second-order valence-electron chi connectivity index (χ2n) is 4.60. The van der Waals surface area contributed by atoms with E-state index in [9.17, 15) is 4.79 Å². The van der Waals surface area contributed by atoms with Gasteiger partial charge < -0.3 is 15.4 Å². The first-order valence-electron chi connectivity index (χ1n) is 6.39. The number of hydrogen-bond acceptors (Lipinski definition) is 3. The van der Waals surface area contributed by atoms with Gasteiger partial charge in [0.15, 0.2) is 0 Å². The standard InChI is InChI=1S/C14H20N2O2/c1-18-10-12-4-2-3-5-13(12)16-14(17)11-6-8-15-9-7-11/h2-5,11,15H,6-10H2,1H3,(H,16,17). The minimum atomic E-state index is 0.125. The van der Waals surface area contributed by atoms with Gasteiger partial charge in [0.1, 0.15) is 0 Å². The molecule has 0 saturated carbocycles. The normalized spacial score (nSPS) is 16.5. The number of carbonyl (C=O) groups is 1. The summed E-state index contributed by atoms with van der Waals surface area (Å²) < 4.78 is 5.13. The molecule has 4 heteroatoms. The number of nitrogens with one attached hydrogen (secondary N) is 2. The summed E-state index contributed by atoms with van der Waals surface area (Å²) in [7, 11) is 1.66. The number of rotatable bonds is 4. The molecule has 98 valence electrons. The van der Waals surface area contributed by atoms with Gasteiger partial charge in [-0.2, -0.15) is 0 Å². The Morgan fingerprint density at radius 1 is 1.39 bits per heavy atom. The maximum atomic E-state index is 12.1. The Labute approximate surface area is 108 Å². The van der Waals surface area contributed by atoms with E-state index in [2.05, 4.69) is 10.6 Å². The first kappa shape index (κ1) is 13.1. The highest BCUT2D eigenvalue weighted by Gasteiger charge is 2.21. The number of ether oxygens (including phenoxy) is 1. The summed E-state index contributed by atoms with van der Waals surface area (Å²) in [6.07, 6.45) is 1.83. The topological polar surface area (TPSA) is 50.4 Å². The van der Waals surface area contributed by atoms with E-state index in [1.807, 2.05) is 24.3 Å². The highest BCUT2D eigenvalue weighted by atomic mass is 16.5. The van der Waals surface area contributed by atoms with Crippen LogP contribution in [0, 0.1) is 5.92 Å². The summed E-state index contributed by atoms with van der Waals surface area (Å²) >= 11 is 0. The quantitative estimate of drug-likeness (QED) is 0.854. The monoisotopic (exact) mass is 248 g/mol. The van der Waals surface area contributed by atoms with Crippen molar-refractivity contribution in [3.05, 3.63) is 29.8 Å². The average molecular weight is 248 g/mol. The molecule has 1 saturated heterocycles. The minimum absolute atomic E-state index is 0.125. The van der Waals surface area contributed by atoms with Crippen molar-refractivity contribution in [1.82, 2.24) is 5.32 Å². The van der Waals surface area contributed by atoms with E-state index in [4.69, 9.17) is 4.74 Å². The maximum absolute atomic E-state index is 12.1. The molecule has 2 N–H and O–H groups in total. The number of piperidine rings is 1. The molecular weight excluding hydrogens is 228 g/mol. The second-order valence-corrected chi connectivity index (χ2v) is 4.60. The van der Waals surface area contributed by atoms with Crippen LogP contribution in [0.4, 0.5) is 5.69 Å². The van der Waals surface area contributed by atoms with Crippen LogP contribution in [-0.4, -0.2) is 26.1 Å². The zero-order chi connectivity index (χ0) is 12.8. The summed E-state index contributed by atoms with van der Waals surface area (Å²) in [4.78, 5) is 12.1. The molecule has 1 aliphatic heterocycles. The van der Waals surface area contributed by atoms with Crippen molar-refractivity contribution in [3.63, 3.8) is 0 Å². The van der Waals surface area contributed by atoms with Crippen molar-refractivity contribution < 1.29 is 9.53 Å². The highest BCUT2D eigenvalue weighted by Crippen LogP contribution is 2.19. The summed E-state index contributed by atoms with van der Waals surface area (Å²) in [5.74, 6) is 0.252. The van der Waals surface area contributed by atoms with Crippen LogP contribution in [0.5, 0.6) is 0 Å². The Morgan fingerprint density at radius 2 is 2.11 bits per heavy atom. The number of carbonyl (C=O) groups excluding carboxylic acids is 1. The fraction of sp³-hybridized carbons (Fsp3) is 0.500. The zero-order valence-corrected chi connectivity index (χ0v) is 10.7. The number of amides is 1.